The zero-order valence-electron chi connectivity index (χ0n) is 9.66. The molecule has 17 heavy (non-hydrogen) atoms. The van der Waals surface area contributed by atoms with Crippen LogP contribution >= 0.6 is 0 Å². The normalized spacial score (nSPS) is 23.8. The molecular formula is C10H22N2O5. The minimum Gasteiger partial charge on any atom is -0.394 e. The molecule has 1 aliphatic heterocycles. The van der Waals surface area contributed by atoms with Gasteiger partial charge in [0.1, 0.15) is 18.3 Å². The predicted octanol–water partition coefficient (Wildman–Crippen LogP) is -3.77. The molecule has 0 amide bonds. The molecule has 1 heterocycles. The molecule has 0 aromatic carbocycles. The molecule has 1 aliphatic rings. The Kier molecular flexibility index (Phi) is 6.28. The standard InChI is InChI=1S/C10H22N2O5/c13-5-8(15)10(17)9(16)7(14)4-12-3-6-1-11-2-6/h6-17H,1-5H2/t7-,8+,9+,10+/m0/s1. The molecule has 0 radical (unpaired) electrons. The predicted molar refractivity (Wildman–Crippen MR) is 60.3 cm³/mol. The van der Waals surface area contributed by atoms with Crippen LogP contribution in [0.5, 0.6) is 0 Å². The molecule has 1 fully saturated rings. The maximum absolute atomic E-state index is 9.56. The van der Waals surface area contributed by atoms with Gasteiger partial charge in [0, 0.05) is 26.2 Å². The lowest BCUT2D eigenvalue weighted by Gasteiger charge is -2.29. The number of hydrogen-bond acceptors (Lipinski definition) is 7. The van der Waals surface area contributed by atoms with Crippen LogP contribution in [0.1, 0.15) is 0 Å². The number of aliphatic hydroxyl groups excluding tert-OH is 5. The first-order valence-electron chi connectivity index (χ1n) is 5.80. The summed E-state index contributed by atoms with van der Waals surface area (Å²) in [6, 6.07) is 0. The summed E-state index contributed by atoms with van der Waals surface area (Å²) in [4.78, 5) is 0. The Morgan fingerprint density at radius 1 is 1.06 bits per heavy atom. The highest BCUT2D eigenvalue weighted by Crippen LogP contribution is 2.05. The lowest BCUT2D eigenvalue weighted by molar-refractivity contribution is -0.114. The molecule has 7 heteroatoms. The van der Waals surface area contributed by atoms with Crippen LogP contribution in [-0.2, 0) is 0 Å². The minimum absolute atomic E-state index is 0.132. The second-order valence-corrected chi connectivity index (χ2v) is 4.48. The van der Waals surface area contributed by atoms with Crippen LogP contribution in [0.3, 0.4) is 0 Å². The van der Waals surface area contributed by atoms with E-state index in [2.05, 4.69) is 10.6 Å². The van der Waals surface area contributed by atoms with E-state index in [1.807, 2.05) is 0 Å². The Labute approximate surface area is 100 Å². The summed E-state index contributed by atoms with van der Waals surface area (Å²) in [5.74, 6) is 0.535. The first kappa shape index (κ1) is 14.8. The molecule has 1 rings (SSSR count). The third-order valence-corrected chi connectivity index (χ3v) is 2.98. The molecule has 0 bridgehead atoms. The third-order valence-electron chi connectivity index (χ3n) is 2.98. The summed E-state index contributed by atoms with van der Waals surface area (Å²) in [5.41, 5.74) is 0. The lowest BCUT2D eigenvalue weighted by atomic mass is 10.0. The molecule has 0 aromatic heterocycles. The van der Waals surface area contributed by atoms with Gasteiger partial charge in [-0.3, -0.25) is 0 Å². The fourth-order valence-corrected chi connectivity index (χ4v) is 1.61. The van der Waals surface area contributed by atoms with Crippen molar-refractivity contribution >= 4 is 0 Å². The van der Waals surface area contributed by atoms with Crippen LogP contribution in [-0.4, -0.2) is 82.7 Å². The summed E-state index contributed by atoms with van der Waals surface area (Å²) in [7, 11) is 0. The molecule has 1 saturated heterocycles. The molecule has 7 nitrogen and oxygen atoms in total. The maximum atomic E-state index is 9.56. The van der Waals surface area contributed by atoms with E-state index in [-0.39, 0.29) is 6.54 Å². The van der Waals surface area contributed by atoms with Crippen molar-refractivity contribution in [3.63, 3.8) is 0 Å². The Bertz CT molecular complexity index is 215. The number of rotatable bonds is 8. The van der Waals surface area contributed by atoms with Crippen molar-refractivity contribution in [2.24, 2.45) is 5.92 Å². The van der Waals surface area contributed by atoms with Crippen LogP contribution in [0.25, 0.3) is 0 Å². The van der Waals surface area contributed by atoms with Gasteiger partial charge in [0.2, 0.25) is 0 Å². The highest BCUT2D eigenvalue weighted by molar-refractivity contribution is 4.83. The molecule has 0 unspecified atom stereocenters. The second kappa shape index (κ2) is 7.22. The van der Waals surface area contributed by atoms with Gasteiger partial charge in [-0.2, -0.15) is 0 Å². The molecule has 0 aromatic rings. The zero-order chi connectivity index (χ0) is 12.8. The van der Waals surface area contributed by atoms with Crippen molar-refractivity contribution in [2.75, 3.05) is 32.8 Å². The second-order valence-electron chi connectivity index (χ2n) is 4.48. The van der Waals surface area contributed by atoms with E-state index in [1.165, 1.54) is 0 Å². The van der Waals surface area contributed by atoms with Gasteiger partial charge in [0.05, 0.1) is 12.7 Å². The van der Waals surface area contributed by atoms with E-state index in [4.69, 9.17) is 10.2 Å². The Morgan fingerprint density at radius 2 is 1.65 bits per heavy atom. The highest BCUT2D eigenvalue weighted by atomic mass is 16.4. The lowest BCUT2D eigenvalue weighted by Crippen LogP contribution is -2.51. The smallest absolute Gasteiger partial charge is 0.111 e. The molecule has 0 aliphatic carbocycles. The maximum Gasteiger partial charge on any atom is 0.111 e. The van der Waals surface area contributed by atoms with Crippen molar-refractivity contribution in [3.8, 4) is 0 Å². The van der Waals surface area contributed by atoms with Crippen LogP contribution in [0.2, 0.25) is 0 Å². The van der Waals surface area contributed by atoms with Gasteiger partial charge in [-0.1, -0.05) is 0 Å². The Morgan fingerprint density at radius 3 is 2.12 bits per heavy atom. The summed E-state index contributed by atoms with van der Waals surface area (Å²) < 4.78 is 0. The van der Waals surface area contributed by atoms with Gasteiger partial charge in [-0.05, 0) is 5.92 Å². The van der Waals surface area contributed by atoms with Gasteiger partial charge < -0.3 is 36.2 Å². The van der Waals surface area contributed by atoms with Gasteiger partial charge in [0.25, 0.3) is 0 Å². The monoisotopic (exact) mass is 250 g/mol. The van der Waals surface area contributed by atoms with Crippen LogP contribution < -0.4 is 10.6 Å². The summed E-state index contributed by atoms with van der Waals surface area (Å²) >= 11 is 0. The van der Waals surface area contributed by atoms with E-state index in [0.29, 0.717) is 5.92 Å². The average Bonchev–Trinajstić information content (AvgIpc) is 2.28. The molecule has 7 N–H and O–H groups in total. The van der Waals surface area contributed by atoms with Crippen LogP contribution in [0, 0.1) is 5.92 Å². The van der Waals surface area contributed by atoms with Gasteiger partial charge in [0.15, 0.2) is 0 Å². The number of aliphatic hydroxyl groups is 5. The third kappa shape index (κ3) is 4.47. The minimum atomic E-state index is -1.55. The SMILES string of the molecule is OC[C@@H](O)[C@@H](O)[C@H](O)[C@@H](O)CNCC1CNC1. The molecule has 102 valence electrons. The molecule has 4 atom stereocenters. The zero-order valence-corrected chi connectivity index (χ0v) is 9.66. The Balaban J connectivity index is 2.17. The van der Waals surface area contributed by atoms with Crippen molar-refractivity contribution in [2.45, 2.75) is 24.4 Å². The van der Waals surface area contributed by atoms with Gasteiger partial charge in [-0.15, -0.1) is 0 Å². The van der Waals surface area contributed by atoms with Crippen molar-refractivity contribution in [1.29, 1.82) is 0 Å². The molecule has 0 saturated carbocycles. The van der Waals surface area contributed by atoms with E-state index in [0.717, 1.165) is 19.6 Å². The molecule has 0 spiro atoms. The van der Waals surface area contributed by atoms with Crippen molar-refractivity contribution in [1.82, 2.24) is 10.6 Å². The van der Waals surface area contributed by atoms with Crippen molar-refractivity contribution in [3.05, 3.63) is 0 Å². The topological polar surface area (TPSA) is 125 Å². The summed E-state index contributed by atoms with van der Waals surface area (Å²) in [6.45, 7) is 2.09. The fraction of sp³-hybridized carbons (Fsp3) is 1.00. The average molecular weight is 250 g/mol. The number of nitrogens with one attached hydrogen (secondary N) is 2. The van der Waals surface area contributed by atoms with E-state index in [1.54, 1.807) is 0 Å². The first-order valence-corrected chi connectivity index (χ1v) is 5.80. The van der Waals surface area contributed by atoms with Gasteiger partial charge in [-0.25, -0.2) is 0 Å². The highest BCUT2D eigenvalue weighted by Gasteiger charge is 2.29. The largest absolute Gasteiger partial charge is 0.394 e. The van der Waals surface area contributed by atoms with Crippen LogP contribution in [0.15, 0.2) is 0 Å². The molecular weight excluding hydrogens is 228 g/mol. The first-order chi connectivity index (χ1) is 8.06. The fourth-order valence-electron chi connectivity index (χ4n) is 1.61. The summed E-state index contributed by atoms with van der Waals surface area (Å²) in [6.07, 6.45) is -5.67. The number of hydrogen-bond donors (Lipinski definition) is 7. The van der Waals surface area contributed by atoms with Crippen molar-refractivity contribution < 1.29 is 25.5 Å². The summed E-state index contributed by atoms with van der Waals surface area (Å²) in [5, 5.41) is 52.2. The Hall–Kier alpha value is -0.280. The van der Waals surface area contributed by atoms with Gasteiger partial charge >= 0.3 is 0 Å². The van der Waals surface area contributed by atoms with E-state index >= 15 is 0 Å². The van der Waals surface area contributed by atoms with E-state index < -0.39 is 31.0 Å². The van der Waals surface area contributed by atoms with E-state index in [9.17, 15) is 15.3 Å². The van der Waals surface area contributed by atoms with Crippen LogP contribution in [0.4, 0.5) is 0 Å². The quantitative estimate of drug-likeness (QED) is 0.236.